The number of likely N-dealkylation sites (tertiary alicyclic amines) is 1. The number of hydrogen-bond donors (Lipinski definition) is 2. The highest BCUT2D eigenvalue weighted by Crippen LogP contribution is 2.40. The first-order valence-electron chi connectivity index (χ1n) is 11.7. The highest BCUT2D eigenvalue weighted by atomic mass is 32.2. The SMILES string of the molecule is NCCc1ccc(SC2CCN(C(=O)NCC3(c4ccccc4)CCCC3)CC2)cc1. The Balaban J connectivity index is 1.25. The Hall–Kier alpha value is -1.98. The van der Waals surface area contributed by atoms with Gasteiger partial charge in [0.1, 0.15) is 0 Å². The van der Waals surface area contributed by atoms with Crippen LogP contribution in [0.1, 0.15) is 49.7 Å². The van der Waals surface area contributed by atoms with Crippen LogP contribution >= 0.6 is 11.8 Å². The van der Waals surface area contributed by atoms with Gasteiger partial charge in [-0.15, -0.1) is 11.8 Å². The van der Waals surface area contributed by atoms with Crippen LogP contribution in [0.2, 0.25) is 0 Å². The van der Waals surface area contributed by atoms with E-state index in [2.05, 4.69) is 59.9 Å². The Bertz CT molecular complexity index is 825. The van der Waals surface area contributed by atoms with Crippen LogP contribution in [-0.4, -0.2) is 42.4 Å². The molecule has 2 aromatic carbocycles. The van der Waals surface area contributed by atoms with Gasteiger partial charge in [0.05, 0.1) is 0 Å². The number of nitrogens with one attached hydrogen (secondary N) is 1. The maximum Gasteiger partial charge on any atom is 0.317 e. The lowest BCUT2D eigenvalue weighted by molar-refractivity contribution is 0.184. The number of nitrogens with zero attached hydrogens (tertiary/aromatic N) is 1. The van der Waals surface area contributed by atoms with Crippen LogP contribution in [0.15, 0.2) is 59.5 Å². The fraction of sp³-hybridized carbons (Fsp3) is 0.500. The van der Waals surface area contributed by atoms with Crippen LogP contribution in [0.25, 0.3) is 0 Å². The van der Waals surface area contributed by atoms with Crippen LogP contribution in [0.4, 0.5) is 4.79 Å². The Kier molecular flexibility index (Phi) is 7.57. The van der Waals surface area contributed by atoms with Gasteiger partial charge in [0, 0.05) is 35.2 Å². The molecule has 0 radical (unpaired) electrons. The van der Waals surface area contributed by atoms with Crippen molar-refractivity contribution in [3.8, 4) is 0 Å². The molecule has 31 heavy (non-hydrogen) atoms. The zero-order valence-corrected chi connectivity index (χ0v) is 19.2. The minimum absolute atomic E-state index is 0.108. The highest BCUT2D eigenvalue weighted by molar-refractivity contribution is 8.00. The maximum atomic E-state index is 12.9. The van der Waals surface area contributed by atoms with E-state index in [1.807, 2.05) is 16.7 Å². The molecule has 2 aromatic rings. The molecule has 5 heteroatoms. The number of hydrogen-bond acceptors (Lipinski definition) is 3. The van der Waals surface area contributed by atoms with Crippen LogP contribution in [0.3, 0.4) is 0 Å². The first-order chi connectivity index (χ1) is 15.2. The quantitative estimate of drug-likeness (QED) is 0.643. The molecule has 166 valence electrons. The number of nitrogens with two attached hydrogens (primary N) is 1. The van der Waals surface area contributed by atoms with Crippen molar-refractivity contribution >= 4 is 17.8 Å². The van der Waals surface area contributed by atoms with Gasteiger partial charge in [0.25, 0.3) is 0 Å². The molecule has 0 unspecified atom stereocenters. The summed E-state index contributed by atoms with van der Waals surface area (Å²) < 4.78 is 0. The summed E-state index contributed by atoms with van der Waals surface area (Å²) >= 11 is 1.95. The van der Waals surface area contributed by atoms with Crippen LogP contribution in [0.5, 0.6) is 0 Å². The number of carbonyl (C=O) groups is 1. The maximum absolute atomic E-state index is 12.9. The van der Waals surface area contributed by atoms with E-state index in [1.165, 1.54) is 41.7 Å². The van der Waals surface area contributed by atoms with Crippen molar-refractivity contribution in [2.75, 3.05) is 26.2 Å². The van der Waals surface area contributed by atoms with E-state index in [4.69, 9.17) is 5.73 Å². The lowest BCUT2D eigenvalue weighted by Gasteiger charge is -2.34. The molecule has 0 aromatic heterocycles. The molecule has 1 heterocycles. The molecule has 4 nitrogen and oxygen atoms in total. The molecule has 4 rings (SSSR count). The molecule has 1 saturated heterocycles. The summed E-state index contributed by atoms with van der Waals surface area (Å²) in [5.41, 5.74) is 8.42. The smallest absolute Gasteiger partial charge is 0.317 e. The van der Waals surface area contributed by atoms with E-state index >= 15 is 0 Å². The van der Waals surface area contributed by atoms with Gasteiger partial charge in [0.15, 0.2) is 0 Å². The summed E-state index contributed by atoms with van der Waals surface area (Å²) in [6.45, 7) is 3.12. The van der Waals surface area contributed by atoms with Gasteiger partial charge < -0.3 is 16.0 Å². The number of amides is 2. The van der Waals surface area contributed by atoms with Crippen LogP contribution in [-0.2, 0) is 11.8 Å². The average molecular weight is 438 g/mol. The Morgan fingerprint density at radius 1 is 1.03 bits per heavy atom. The van der Waals surface area contributed by atoms with E-state index < -0.39 is 0 Å². The third kappa shape index (κ3) is 5.64. The van der Waals surface area contributed by atoms with Gasteiger partial charge in [-0.1, -0.05) is 55.3 Å². The van der Waals surface area contributed by atoms with Crippen molar-refractivity contribution in [1.82, 2.24) is 10.2 Å². The lowest BCUT2D eigenvalue weighted by atomic mass is 9.79. The van der Waals surface area contributed by atoms with Crippen molar-refractivity contribution < 1.29 is 4.79 Å². The fourth-order valence-corrected chi connectivity index (χ4v) is 6.16. The predicted octanol–water partition coefficient (Wildman–Crippen LogP) is 4.97. The number of piperidine rings is 1. The molecule has 1 aliphatic carbocycles. The van der Waals surface area contributed by atoms with Crippen LogP contribution in [0, 0.1) is 0 Å². The van der Waals surface area contributed by atoms with Gasteiger partial charge in [-0.2, -0.15) is 0 Å². The van der Waals surface area contributed by atoms with Crippen molar-refractivity contribution in [2.24, 2.45) is 5.73 Å². The van der Waals surface area contributed by atoms with Gasteiger partial charge >= 0.3 is 6.03 Å². The zero-order chi connectivity index (χ0) is 21.5. The molecule has 3 N–H and O–H groups in total. The Labute approximate surface area is 191 Å². The largest absolute Gasteiger partial charge is 0.337 e. The summed E-state index contributed by atoms with van der Waals surface area (Å²) in [6.07, 6.45) is 7.87. The standard InChI is InChI=1S/C26H35N3OS/c27-17-12-21-8-10-23(11-9-21)31-24-13-18-29(19-14-24)25(30)28-20-26(15-4-5-16-26)22-6-2-1-3-7-22/h1-3,6-11,24H,4-5,12-20,27H2,(H,28,30). The van der Waals surface area contributed by atoms with E-state index in [0.717, 1.165) is 38.9 Å². The topological polar surface area (TPSA) is 58.4 Å². The van der Waals surface area contributed by atoms with Crippen LogP contribution < -0.4 is 11.1 Å². The monoisotopic (exact) mass is 437 g/mol. The Morgan fingerprint density at radius 2 is 1.71 bits per heavy atom. The van der Waals surface area contributed by atoms with Gasteiger partial charge in [0.2, 0.25) is 0 Å². The molecule has 1 saturated carbocycles. The lowest BCUT2D eigenvalue weighted by Crippen LogP contribution is -2.48. The molecular formula is C26H35N3OS. The second-order valence-corrected chi connectivity index (χ2v) is 10.4. The van der Waals surface area contributed by atoms with E-state index in [1.54, 1.807) is 0 Å². The first kappa shape index (κ1) is 22.2. The second-order valence-electron chi connectivity index (χ2n) is 9.00. The summed E-state index contributed by atoms with van der Waals surface area (Å²) in [5.74, 6) is 0. The number of thioether (sulfide) groups is 1. The summed E-state index contributed by atoms with van der Waals surface area (Å²) in [4.78, 5) is 16.2. The van der Waals surface area contributed by atoms with Crippen molar-refractivity contribution in [2.45, 2.75) is 60.5 Å². The number of urea groups is 1. The predicted molar refractivity (Wildman–Crippen MR) is 130 cm³/mol. The summed E-state index contributed by atoms with van der Waals surface area (Å²) in [7, 11) is 0. The molecule has 1 aliphatic heterocycles. The van der Waals surface area contributed by atoms with Crippen molar-refractivity contribution in [3.63, 3.8) is 0 Å². The highest BCUT2D eigenvalue weighted by Gasteiger charge is 2.36. The minimum atomic E-state index is 0.108. The van der Waals surface area contributed by atoms with Gasteiger partial charge in [-0.3, -0.25) is 0 Å². The fourth-order valence-electron chi connectivity index (χ4n) is 5.04. The minimum Gasteiger partial charge on any atom is -0.337 e. The molecular weight excluding hydrogens is 402 g/mol. The van der Waals surface area contributed by atoms with E-state index in [0.29, 0.717) is 11.8 Å². The van der Waals surface area contributed by atoms with Gasteiger partial charge in [-0.05, 0) is 61.9 Å². The number of benzene rings is 2. The normalized spacial score (nSPS) is 18.8. The molecule has 2 amide bonds. The zero-order valence-electron chi connectivity index (χ0n) is 18.4. The third-order valence-electron chi connectivity index (χ3n) is 6.91. The van der Waals surface area contributed by atoms with Gasteiger partial charge in [-0.25, -0.2) is 4.79 Å². The summed E-state index contributed by atoms with van der Waals surface area (Å²) in [6, 6.07) is 19.6. The number of rotatable bonds is 7. The first-order valence-corrected chi connectivity index (χ1v) is 12.6. The van der Waals surface area contributed by atoms with E-state index in [9.17, 15) is 4.79 Å². The molecule has 0 bridgehead atoms. The Morgan fingerprint density at radius 3 is 2.35 bits per heavy atom. The molecule has 2 aliphatic rings. The van der Waals surface area contributed by atoms with Crippen molar-refractivity contribution in [1.29, 1.82) is 0 Å². The number of carbonyl (C=O) groups excluding carboxylic acids is 1. The molecule has 0 spiro atoms. The second kappa shape index (κ2) is 10.6. The average Bonchev–Trinajstić information content (AvgIpc) is 3.30. The van der Waals surface area contributed by atoms with Crippen molar-refractivity contribution in [3.05, 3.63) is 65.7 Å². The molecule has 0 atom stereocenters. The third-order valence-corrected chi connectivity index (χ3v) is 8.26. The van der Waals surface area contributed by atoms with E-state index in [-0.39, 0.29) is 11.4 Å². The molecule has 2 fully saturated rings. The summed E-state index contributed by atoms with van der Waals surface area (Å²) in [5, 5.41) is 3.86.